The molecular weight excluding hydrogens is 122 g/mol. The van der Waals surface area contributed by atoms with Gasteiger partial charge in [-0.25, -0.2) is 0 Å². The van der Waals surface area contributed by atoms with Gasteiger partial charge in [-0.05, 0) is 36.0 Å². The molecule has 1 fully saturated rings. The van der Waals surface area contributed by atoms with E-state index in [1.54, 1.807) is 0 Å². The third-order valence-electron chi connectivity index (χ3n) is 2.48. The minimum absolute atomic E-state index is 0.764. The van der Waals surface area contributed by atoms with Gasteiger partial charge < -0.3 is 5.73 Å². The Balaban J connectivity index is 2.43. The fraction of sp³-hybridized carbons (Fsp3) is 0.556. The molecule has 1 nitrogen and oxygen atoms in total. The summed E-state index contributed by atoms with van der Waals surface area (Å²) in [5.74, 6) is 1.55. The average molecular weight is 133 g/mol. The van der Waals surface area contributed by atoms with Crippen molar-refractivity contribution in [3.63, 3.8) is 0 Å². The van der Waals surface area contributed by atoms with Crippen molar-refractivity contribution in [2.24, 2.45) is 17.6 Å². The van der Waals surface area contributed by atoms with Crippen molar-refractivity contribution in [1.82, 2.24) is 0 Å². The Morgan fingerprint density at radius 2 is 2.30 bits per heavy atom. The third kappa shape index (κ3) is 0.724. The summed E-state index contributed by atoms with van der Waals surface area (Å²) in [5, 5.41) is 0. The first-order valence-corrected chi connectivity index (χ1v) is 3.79. The second kappa shape index (κ2) is 1.79. The largest absolute Gasteiger partial charge is 0.395 e. The van der Waals surface area contributed by atoms with Crippen LogP contribution in [0.4, 0.5) is 0 Å². The van der Waals surface area contributed by atoms with Crippen LogP contribution in [0.25, 0.3) is 0 Å². The molecule has 2 atom stereocenters. The van der Waals surface area contributed by atoms with E-state index in [1.165, 1.54) is 12.0 Å². The molecule has 1 saturated carbocycles. The van der Waals surface area contributed by atoms with Gasteiger partial charge in [-0.3, -0.25) is 0 Å². The fourth-order valence-electron chi connectivity index (χ4n) is 1.60. The highest BCUT2D eigenvalue weighted by molar-refractivity contribution is 5.29. The molecule has 0 aromatic heterocycles. The number of rotatable bonds is 0. The molecule has 2 aliphatic carbocycles. The molecule has 2 rings (SSSR count). The Morgan fingerprint density at radius 1 is 1.50 bits per heavy atom. The normalized spacial score (nSPS) is 35.7. The van der Waals surface area contributed by atoms with Gasteiger partial charge in [-0.15, -0.1) is 0 Å². The maximum Gasteiger partial charge on any atom is 0.0596 e. The number of allylic oxidation sites excluding steroid dienone is 2. The quantitative estimate of drug-likeness (QED) is 0.499. The van der Waals surface area contributed by atoms with Crippen LogP contribution in [-0.4, -0.2) is 0 Å². The standard InChI is InChI=1S/C9H11N/c1-6-8-4-2-7(10)3-5-9(6)8/h6,8H,2,4,10H2,1H3/t6?,8-/m0/s1. The molecule has 1 heteroatoms. The summed E-state index contributed by atoms with van der Waals surface area (Å²) in [6, 6.07) is 0. The van der Waals surface area contributed by atoms with Crippen molar-refractivity contribution >= 4 is 0 Å². The Morgan fingerprint density at radius 3 is 3.10 bits per heavy atom. The Labute approximate surface area is 60.9 Å². The van der Waals surface area contributed by atoms with Crippen LogP contribution >= 0.6 is 0 Å². The Hall–Kier alpha value is -0.900. The van der Waals surface area contributed by atoms with Crippen molar-refractivity contribution in [1.29, 1.82) is 0 Å². The van der Waals surface area contributed by atoms with Crippen molar-refractivity contribution in [3.8, 4) is 0 Å². The molecule has 0 aliphatic heterocycles. The SMILES string of the molecule is CC1C2=C=C=C(N)CC[C@H]21. The van der Waals surface area contributed by atoms with E-state index in [-0.39, 0.29) is 0 Å². The Bertz CT molecular complexity index is 262. The molecular formula is C9H11N. The van der Waals surface area contributed by atoms with E-state index in [0.717, 1.165) is 24.0 Å². The lowest BCUT2D eigenvalue weighted by atomic mass is 10.2. The molecule has 10 heavy (non-hydrogen) atoms. The maximum atomic E-state index is 5.59. The van der Waals surface area contributed by atoms with Crippen LogP contribution in [0.5, 0.6) is 0 Å². The topological polar surface area (TPSA) is 26.0 Å². The van der Waals surface area contributed by atoms with Gasteiger partial charge >= 0.3 is 0 Å². The van der Waals surface area contributed by atoms with Crippen molar-refractivity contribution in [2.75, 3.05) is 0 Å². The highest BCUT2D eigenvalue weighted by Gasteiger charge is 2.40. The molecule has 0 aromatic carbocycles. The van der Waals surface area contributed by atoms with E-state index in [4.69, 9.17) is 5.73 Å². The predicted molar refractivity (Wildman–Crippen MR) is 40.1 cm³/mol. The van der Waals surface area contributed by atoms with Gasteiger partial charge in [0.05, 0.1) is 5.70 Å². The Kier molecular flexibility index (Phi) is 1.05. The highest BCUT2D eigenvalue weighted by atomic mass is 14.6. The maximum absolute atomic E-state index is 5.59. The molecule has 52 valence electrons. The number of hydrogen-bond donors (Lipinski definition) is 1. The van der Waals surface area contributed by atoms with E-state index in [2.05, 4.69) is 18.4 Å². The molecule has 0 radical (unpaired) electrons. The first kappa shape index (κ1) is 5.85. The minimum atomic E-state index is 0.764. The summed E-state index contributed by atoms with van der Waals surface area (Å²) < 4.78 is 0. The molecule has 2 aliphatic rings. The first-order chi connectivity index (χ1) is 4.79. The fourth-order valence-corrected chi connectivity index (χ4v) is 1.60. The molecule has 2 N–H and O–H groups in total. The molecule has 0 bridgehead atoms. The monoisotopic (exact) mass is 133 g/mol. The average Bonchev–Trinajstić information content (AvgIpc) is 2.56. The van der Waals surface area contributed by atoms with Crippen LogP contribution in [0.1, 0.15) is 19.8 Å². The van der Waals surface area contributed by atoms with E-state index < -0.39 is 0 Å². The second-order valence-corrected chi connectivity index (χ2v) is 3.16. The summed E-state index contributed by atoms with van der Waals surface area (Å²) in [4.78, 5) is 0. The summed E-state index contributed by atoms with van der Waals surface area (Å²) in [5.41, 5.74) is 14.0. The van der Waals surface area contributed by atoms with Crippen LogP contribution in [0.2, 0.25) is 0 Å². The summed E-state index contributed by atoms with van der Waals surface area (Å²) in [7, 11) is 0. The van der Waals surface area contributed by atoms with Gasteiger partial charge in [0.25, 0.3) is 0 Å². The lowest BCUT2D eigenvalue weighted by molar-refractivity contribution is 0.673. The van der Waals surface area contributed by atoms with E-state index in [1.807, 2.05) is 0 Å². The van der Waals surface area contributed by atoms with Gasteiger partial charge in [0, 0.05) is 0 Å². The smallest absolute Gasteiger partial charge is 0.0596 e. The first-order valence-electron chi connectivity index (χ1n) is 3.79. The molecule has 0 amide bonds. The highest BCUT2D eigenvalue weighted by Crippen LogP contribution is 2.48. The van der Waals surface area contributed by atoms with Gasteiger partial charge in [0.1, 0.15) is 0 Å². The number of nitrogens with two attached hydrogens (primary N) is 1. The van der Waals surface area contributed by atoms with E-state index in [9.17, 15) is 0 Å². The molecule has 1 unspecified atom stereocenters. The number of fused-ring (bicyclic) bond motifs is 1. The van der Waals surface area contributed by atoms with Crippen molar-refractivity contribution in [3.05, 3.63) is 22.7 Å². The van der Waals surface area contributed by atoms with Crippen molar-refractivity contribution in [2.45, 2.75) is 19.8 Å². The van der Waals surface area contributed by atoms with E-state index >= 15 is 0 Å². The third-order valence-corrected chi connectivity index (χ3v) is 2.48. The van der Waals surface area contributed by atoms with Gasteiger partial charge in [-0.1, -0.05) is 12.7 Å². The van der Waals surface area contributed by atoms with E-state index in [0.29, 0.717) is 0 Å². The summed E-state index contributed by atoms with van der Waals surface area (Å²) in [6.45, 7) is 2.25. The molecule has 0 heterocycles. The lowest BCUT2D eigenvalue weighted by Crippen LogP contribution is -1.95. The van der Waals surface area contributed by atoms with Crippen molar-refractivity contribution < 1.29 is 0 Å². The van der Waals surface area contributed by atoms with Gasteiger partial charge in [0.15, 0.2) is 0 Å². The van der Waals surface area contributed by atoms with Crippen LogP contribution < -0.4 is 5.73 Å². The summed E-state index contributed by atoms with van der Waals surface area (Å²) >= 11 is 0. The molecule has 0 saturated heterocycles. The van der Waals surface area contributed by atoms with Gasteiger partial charge in [-0.2, -0.15) is 0 Å². The molecule has 0 spiro atoms. The van der Waals surface area contributed by atoms with Crippen LogP contribution in [0, 0.1) is 11.8 Å². The number of hydrogen-bond acceptors (Lipinski definition) is 1. The zero-order chi connectivity index (χ0) is 7.14. The zero-order valence-electron chi connectivity index (χ0n) is 6.15. The van der Waals surface area contributed by atoms with Crippen LogP contribution in [-0.2, 0) is 0 Å². The lowest BCUT2D eigenvalue weighted by Gasteiger charge is -1.93. The summed E-state index contributed by atoms with van der Waals surface area (Å²) in [6.07, 6.45) is 2.22. The van der Waals surface area contributed by atoms with Crippen LogP contribution in [0.15, 0.2) is 22.7 Å². The van der Waals surface area contributed by atoms with Gasteiger partial charge in [0.2, 0.25) is 0 Å². The van der Waals surface area contributed by atoms with Crippen LogP contribution in [0.3, 0.4) is 0 Å². The minimum Gasteiger partial charge on any atom is -0.395 e. The predicted octanol–water partition coefficient (Wildman–Crippen LogP) is 1.57. The molecule has 0 aromatic rings. The zero-order valence-corrected chi connectivity index (χ0v) is 6.15. The second-order valence-electron chi connectivity index (χ2n) is 3.16.